The molecule has 1 aromatic carbocycles. The van der Waals surface area contributed by atoms with Gasteiger partial charge in [0.2, 0.25) is 0 Å². The zero-order chi connectivity index (χ0) is 23.8. The third-order valence-corrected chi connectivity index (χ3v) is 5.41. The van der Waals surface area contributed by atoms with Crippen molar-refractivity contribution in [2.24, 2.45) is 10.7 Å². The van der Waals surface area contributed by atoms with E-state index < -0.39 is 47.4 Å². The van der Waals surface area contributed by atoms with Gasteiger partial charge in [0.15, 0.2) is 23.5 Å². The molecule has 0 saturated heterocycles. The fourth-order valence-corrected chi connectivity index (χ4v) is 3.72. The van der Waals surface area contributed by atoms with Crippen LogP contribution in [0.25, 0.3) is 0 Å². The van der Waals surface area contributed by atoms with Gasteiger partial charge in [-0.1, -0.05) is 11.6 Å². The van der Waals surface area contributed by atoms with Crippen molar-refractivity contribution in [2.75, 3.05) is 7.11 Å². The normalized spacial score (nSPS) is 21.0. The maximum Gasteiger partial charge on any atom is 0.283 e. The zero-order valence-corrected chi connectivity index (χ0v) is 18.1. The van der Waals surface area contributed by atoms with Crippen LogP contribution in [0, 0.1) is 11.6 Å². The maximum absolute atomic E-state index is 14.7. The molecule has 1 aliphatic heterocycles. The monoisotopic (exact) mass is 473 g/mol. The van der Waals surface area contributed by atoms with E-state index in [1.807, 2.05) is 0 Å². The van der Waals surface area contributed by atoms with Gasteiger partial charge in [0.05, 0.1) is 23.9 Å². The SMILES string of the molecule is COc1cnc(C(=O)Cc2cc(F)c(F)c([C@]3(C)C[C@@H](C(C)(F)F)OC(N)=N3)c2)c(Cl)c1. The molecular formula is C21H20ClF4N3O3. The molecule has 3 rings (SSSR count). The number of nitrogens with zero attached hydrogens (tertiary/aromatic N) is 2. The van der Waals surface area contributed by atoms with Gasteiger partial charge in [0.1, 0.15) is 11.4 Å². The second-order valence-corrected chi connectivity index (χ2v) is 8.14. The van der Waals surface area contributed by atoms with Gasteiger partial charge in [-0.15, -0.1) is 0 Å². The van der Waals surface area contributed by atoms with Gasteiger partial charge in [0.25, 0.3) is 11.9 Å². The number of methoxy groups -OCH3 is 1. The number of alkyl halides is 2. The summed E-state index contributed by atoms with van der Waals surface area (Å²) in [5.74, 6) is -6.07. The highest BCUT2D eigenvalue weighted by Crippen LogP contribution is 2.41. The number of aliphatic imine (C=N–C) groups is 1. The minimum Gasteiger partial charge on any atom is -0.495 e. The molecule has 0 fully saturated rings. The minimum atomic E-state index is -3.30. The number of ketones is 1. The average Bonchev–Trinajstić information content (AvgIpc) is 2.68. The number of ether oxygens (including phenoxy) is 2. The number of rotatable bonds is 6. The number of benzene rings is 1. The van der Waals surface area contributed by atoms with Crippen molar-refractivity contribution in [3.63, 3.8) is 0 Å². The van der Waals surface area contributed by atoms with Gasteiger partial charge in [-0.05, 0) is 24.6 Å². The lowest BCUT2D eigenvalue weighted by atomic mass is 9.83. The number of carbonyl (C=O) groups is 1. The Hall–Kier alpha value is -2.88. The Balaban J connectivity index is 1.98. The summed E-state index contributed by atoms with van der Waals surface area (Å²) in [6.07, 6.45) is -1.24. The Morgan fingerprint density at radius 2 is 2.06 bits per heavy atom. The summed E-state index contributed by atoms with van der Waals surface area (Å²) in [5.41, 5.74) is 3.58. The topological polar surface area (TPSA) is 86.8 Å². The average molecular weight is 474 g/mol. The number of carbonyl (C=O) groups excluding carboxylic acids is 1. The quantitative estimate of drug-likeness (QED) is 0.495. The van der Waals surface area contributed by atoms with E-state index in [-0.39, 0.29) is 28.3 Å². The number of hydrogen-bond acceptors (Lipinski definition) is 6. The molecule has 0 radical (unpaired) electrons. The van der Waals surface area contributed by atoms with Gasteiger partial charge < -0.3 is 15.2 Å². The van der Waals surface area contributed by atoms with E-state index in [2.05, 4.69) is 9.98 Å². The number of pyridine rings is 1. The van der Waals surface area contributed by atoms with E-state index in [0.717, 1.165) is 6.07 Å². The first-order chi connectivity index (χ1) is 14.8. The van der Waals surface area contributed by atoms with Crippen LogP contribution >= 0.6 is 11.6 Å². The van der Waals surface area contributed by atoms with Crippen molar-refractivity contribution < 1.29 is 31.8 Å². The van der Waals surface area contributed by atoms with Crippen LogP contribution < -0.4 is 10.5 Å². The first-order valence-corrected chi connectivity index (χ1v) is 9.83. The molecule has 172 valence electrons. The molecular weight excluding hydrogens is 454 g/mol. The van der Waals surface area contributed by atoms with Crippen molar-refractivity contribution in [3.8, 4) is 5.75 Å². The number of nitrogens with two attached hydrogens (primary N) is 1. The van der Waals surface area contributed by atoms with Crippen LogP contribution in [-0.4, -0.2) is 35.9 Å². The molecule has 0 bridgehead atoms. The van der Waals surface area contributed by atoms with Crippen LogP contribution in [0.4, 0.5) is 17.6 Å². The van der Waals surface area contributed by atoms with E-state index in [0.29, 0.717) is 12.7 Å². The third-order valence-electron chi connectivity index (χ3n) is 5.12. The fraction of sp³-hybridized carbons (Fsp3) is 0.381. The second kappa shape index (κ2) is 8.57. The van der Waals surface area contributed by atoms with Gasteiger partial charge in [-0.3, -0.25) is 4.79 Å². The summed E-state index contributed by atoms with van der Waals surface area (Å²) in [4.78, 5) is 20.6. The van der Waals surface area contributed by atoms with E-state index >= 15 is 0 Å². The molecule has 2 N–H and O–H groups in total. The molecule has 0 aliphatic carbocycles. The van der Waals surface area contributed by atoms with Crippen LogP contribution in [0.1, 0.15) is 41.9 Å². The Morgan fingerprint density at radius 3 is 2.66 bits per heavy atom. The van der Waals surface area contributed by atoms with Crippen molar-refractivity contribution in [2.45, 2.75) is 44.3 Å². The van der Waals surface area contributed by atoms with Gasteiger partial charge in [-0.2, -0.15) is 0 Å². The van der Waals surface area contributed by atoms with Crippen molar-refractivity contribution in [1.82, 2.24) is 4.98 Å². The minimum absolute atomic E-state index is 0.0268. The van der Waals surface area contributed by atoms with E-state index in [1.54, 1.807) is 0 Å². The number of Topliss-reactive ketones (excluding diaryl/α,β-unsaturated/α-hetero) is 1. The summed E-state index contributed by atoms with van der Waals surface area (Å²) in [6.45, 7) is 1.97. The molecule has 0 spiro atoms. The second-order valence-electron chi connectivity index (χ2n) is 7.74. The molecule has 0 unspecified atom stereocenters. The molecule has 32 heavy (non-hydrogen) atoms. The molecule has 1 aliphatic rings. The first kappa shape index (κ1) is 23.8. The van der Waals surface area contributed by atoms with Gasteiger partial charge in [0, 0.05) is 31.4 Å². The lowest BCUT2D eigenvalue weighted by molar-refractivity contribution is -0.103. The summed E-state index contributed by atoms with van der Waals surface area (Å²) < 4.78 is 66.8. The van der Waals surface area contributed by atoms with E-state index in [9.17, 15) is 22.4 Å². The Bertz CT molecular complexity index is 1090. The number of halogens is 5. The Kier molecular flexibility index (Phi) is 6.37. The number of amidine groups is 1. The molecule has 6 nitrogen and oxygen atoms in total. The number of hydrogen-bond donors (Lipinski definition) is 1. The van der Waals surface area contributed by atoms with Crippen LogP contribution in [0.15, 0.2) is 29.4 Å². The Labute approximate surface area is 186 Å². The smallest absolute Gasteiger partial charge is 0.283 e. The highest BCUT2D eigenvalue weighted by atomic mass is 35.5. The number of aromatic nitrogens is 1. The lowest BCUT2D eigenvalue weighted by Crippen LogP contribution is -2.46. The van der Waals surface area contributed by atoms with Crippen molar-refractivity contribution >= 4 is 23.4 Å². The predicted molar refractivity (Wildman–Crippen MR) is 109 cm³/mol. The van der Waals surface area contributed by atoms with E-state index in [1.165, 1.54) is 32.4 Å². The van der Waals surface area contributed by atoms with E-state index in [4.69, 9.17) is 26.8 Å². The highest BCUT2D eigenvalue weighted by molar-refractivity contribution is 6.33. The molecule has 0 saturated carbocycles. The van der Waals surface area contributed by atoms with Crippen LogP contribution in [-0.2, 0) is 16.7 Å². The molecule has 0 amide bonds. The Morgan fingerprint density at radius 1 is 1.38 bits per heavy atom. The standard InChI is InChI=1S/C21H20ClF4N3O3/c1-20(8-16(21(2,25)26)32-19(27)29-20)12-4-10(5-14(23)17(12)24)6-15(30)18-13(22)7-11(31-3)9-28-18/h4-5,7,9,16H,6,8H2,1-3H3,(H2,27,29)/t16-,20-/m0/s1. The molecule has 2 aromatic rings. The van der Waals surface area contributed by atoms with Gasteiger partial charge in [-0.25, -0.2) is 27.5 Å². The summed E-state index contributed by atoms with van der Waals surface area (Å²) >= 11 is 6.06. The molecule has 11 heteroatoms. The van der Waals surface area contributed by atoms with Crippen molar-refractivity contribution in [3.05, 3.63) is 57.9 Å². The first-order valence-electron chi connectivity index (χ1n) is 9.45. The molecule has 1 aromatic heterocycles. The fourth-order valence-electron chi connectivity index (χ4n) is 3.46. The van der Waals surface area contributed by atoms with Crippen molar-refractivity contribution in [1.29, 1.82) is 0 Å². The summed E-state index contributed by atoms with van der Waals surface area (Å²) in [6, 6.07) is 2.86. The largest absolute Gasteiger partial charge is 0.495 e. The molecule has 2 atom stereocenters. The zero-order valence-electron chi connectivity index (χ0n) is 17.4. The van der Waals surface area contributed by atoms with Gasteiger partial charge >= 0.3 is 0 Å². The van der Waals surface area contributed by atoms with Crippen LogP contribution in [0.5, 0.6) is 5.75 Å². The lowest BCUT2D eigenvalue weighted by Gasteiger charge is -2.37. The summed E-state index contributed by atoms with van der Waals surface area (Å²) in [5, 5.41) is 0.0268. The molecule has 2 heterocycles. The maximum atomic E-state index is 14.7. The third kappa shape index (κ3) is 4.79. The summed E-state index contributed by atoms with van der Waals surface area (Å²) in [7, 11) is 1.41. The predicted octanol–water partition coefficient (Wildman–Crippen LogP) is 4.42. The van der Waals surface area contributed by atoms with Crippen LogP contribution in [0.2, 0.25) is 5.02 Å². The highest BCUT2D eigenvalue weighted by Gasteiger charge is 2.47. The van der Waals surface area contributed by atoms with Crippen LogP contribution in [0.3, 0.4) is 0 Å².